The number of carbonyl (C=O) groups excluding carboxylic acids is 1. The highest BCUT2D eigenvalue weighted by Gasteiger charge is 2.06. The van der Waals surface area contributed by atoms with Crippen LogP contribution in [0, 0.1) is 0 Å². The number of para-hydroxylation sites is 1. The minimum Gasteiger partial charge on any atom is -0.468 e. The number of nitrogens with two attached hydrogens (primary N) is 1. The van der Waals surface area contributed by atoms with E-state index in [2.05, 4.69) is 15.0 Å². The minimum atomic E-state index is -0.742. The summed E-state index contributed by atoms with van der Waals surface area (Å²) in [7, 11) is 1.34. The molecule has 0 aliphatic carbocycles. The summed E-state index contributed by atoms with van der Waals surface area (Å²) in [6.07, 6.45) is -0.742. The van der Waals surface area contributed by atoms with Crippen molar-refractivity contribution in [1.82, 2.24) is 5.32 Å². The number of nitrogens with zero attached hydrogens (tertiary/aromatic N) is 1. The monoisotopic (exact) mass is 253 g/mol. The maximum absolute atomic E-state index is 11.3. The molecule has 0 radical (unpaired) electrons. The van der Waals surface area contributed by atoms with E-state index >= 15 is 0 Å². The molecule has 0 saturated heterocycles. The van der Waals surface area contributed by atoms with Gasteiger partial charge < -0.3 is 15.2 Å². The highest BCUT2D eigenvalue weighted by atomic mass is 32.1. The Morgan fingerprint density at radius 3 is 2.65 bits per heavy atom. The van der Waals surface area contributed by atoms with Crippen LogP contribution in [0.2, 0.25) is 0 Å². The van der Waals surface area contributed by atoms with Gasteiger partial charge in [-0.15, -0.1) is 0 Å². The molecule has 0 aliphatic rings. The molecular weight excluding hydrogens is 242 g/mol. The molecule has 0 fully saturated rings. The molecule has 0 bridgehead atoms. The quantitative estimate of drug-likeness (QED) is 0.443. The fourth-order valence-corrected chi connectivity index (χ4v) is 1.06. The first-order valence-corrected chi connectivity index (χ1v) is 4.98. The van der Waals surface area contributed by atoms with E-state index in [1.807, 2.05) is 0 Å². The number of hydrogen-bond donors (Lipinski definition) is 2. The van der Waals surface area contributed by atoms with E-state index in [1.54, 1.807) is 30.3 Å². The van der Waals surface area contributed by atoms with E-state index in [1.165, 1.54) is 7.11 Å². The zero-order chi connectivity index (χ0) is 12.7. The van der Waals surface area contributed by atoms with Gasteiger partial charge in [-0.25, -0.2) is 4.79 Å². The average Bonchev–Trinajstić information content (AvgIpc) is 2.29. The van der Waals surface area contributed by atoms with Crippen molar-refractivity contribution in [3.05, 3.63) is 30.3 Å². The molecule has 17 heavy (non-hydrogen) atoms. The van der Waals surface area contributed by atoms with E-state index in [9.17, 15) is 4.79 Å². The largest absolute Gasteiger partial charge is 0.468 e. The van der Waals surface area contributed by atoms with Crippen molar-refractivity contribution < 1.29 is 14.3 Å². The Labute approximate surface area is 103 Å². The molecule has 1 aromatic rings. The number of methoxy groups -OCH3 is 1. The number of amides is 1. The smallest absolute Gasteiger partial charge is 0.418 e. The highest BCUT2D eigenvalue weighted by molar-refractivity contribution is 7.80. The first kappa shape index (κ1) is 12.9. The zero-order valence-corrected chi connectivity index (χ0v) is 9.86. The van der Waals surface area contributed by atoms with Crippen LogP contribution < -0.4 is 15.8 Å². The fourth-order valence-electron chi connectivity index (χ4n) is 0.882. The third-order valence-corrected chi connectivity index (χ3v) is 1.78. The van der Waals surface area contributed by atoms with E-state index in [0.29, 0.717) is 5.75 Å². The Hall–Kier alpha value is -2.15. The number of benzene rings is 1. The Morgan fingerprint density at radius 2 is 2.06 bits per heavy atom. The average molecular weight is 253 g/mol. The number of rotatable bonds is 1. The molecule has 0 aromatic heterocycles. The topological polar surface area (TPSA) is 85.9 Å². The standard InChI is InChI=1S/C10H11N3O3S/c1-15-8(11)12-9(17)13-10(14)16-7-5-3-2-4-6-7/h2-6H,1H3,(H3,11,12,13,14,17). The predicted molar refractivity (Wildman–Crippen MR) is 66.8 cm³/mol. The molecule has 0 aliphatic heterocycles. The molecule has 3 N–H and O–H groups in total. The van der Waals surface area contributed by atoms with Crippen molar-refractivity contribution >= 4 is 29.4 Å². The summed E-state index contributed by atoms with van der Waals surface area (Å²) in [5.74, 6) is 0.400. The summed E-state index contributed by atoms with van der Waals surface area (Å²) in [4.78, 5) is 14.9. The van der Waals surface area contributed by atoms with Crippen molar-refractivity contribution in [3.63, 3.8) is 0 Å². The lowest BCUT2D eigenvalue weighted by Gasteiger charge is -2.04. The highest BCUT2D eigenvalue weighted by Crippen LogP contribution is 2.07. The normalized spacial score (nSPS) is 10.5. The maximum Gasteiger partial charge on any atom is 0.418 e. The van der Waals surface area contributed by atoms with Gasteiger partial charge in [0.25, 0.3) is 6.02 Å². The number of thiocarbonyl (C=S) groups is 1. The summed E-state index contributed by atoms with van der Waals surface area (Å²) < 4.78 is 9.48. The van der Waals surface area contributed by atoms with Gasteiger partial charge in [0.15, 0.2) is 0 Å². The molecule has 1 amide bonds. The van der Waals surface area contributed by atoms with Crippen LogP contribution in [-0.4, -0.2) is 24.3 Å². The molecule has 0 spiro atoms. The number of amidine groups is 1. The second-order valence-electron chi connectivity index (χ2n) is 2.79. The molecule has 1 aromatic carbocycles. The van der Waals surface area contributed by atoms with Crippen molar-refractivity contribution in [1.29, 1.82) is 0 Å². The van der Waals surface area contributed by atoms with Crippen LogP contribution in [-0.2, 0) is 4.74 Å². The second kappa shape index (κ2) is 6.44. The first-order valence-electron chi connectivity index (χ1n) is 4.58. The lowest BCUT2D eigenvalue weighted by atomic mass is 10.3. The summed E-state index contributed by atoms with van der Waals surface area (Å²) >= 11 is 4.73. The van der Waals surface area contributed by atoms with Gasteiger partial charge in [0.2, 0.25) is 5.11 Å². The Bertz CT molecular complexity index is 434. The second-order valence-corrected chi connectivity index (χ2v) is 3.17. The van der Waals surface area contributed by atoms with Crippen LogP contribution in [0.3, 0.4) is 0 Å². The molecule has 7 heteroatoms. The number of hydrogen-bond acceptors (Lipinski definition) is 4. The van der Waals surface area contributed by atoms with Crippen molar-refractivity contribution in [2.24, 2.45) is 10.7 Å². The number of nitrogens with one attached hydrogen (secondary N) is 1. The number of aliphatic imine (C=N–C) groups is 1. The van der Waals surface area contributed by atoms with Gasteiger partial charge in [-0.2, -0.15) is 4.99 Å². The maximum atomic E-state index is 11.3. The van der Waals surface area contributed by atoms with Gasteiger partial charge in [0.1, 0.15) is 5.75 Å². The Morgan fingerprint density at radius 1 is 1.41 bits per heavy atom. The molecular formula is C10H11N3O3S. The molecule has 0 unspecified atom stereocenters. The van der Waals surface area contributed by atoms with E-state index in [0.717, 1.165) is 0 Å². The third kappa shape index (κ3) is 4.94. The van der Waals surface area contributed by atoms with Gasteiger partial charge in [0, 0.05) is 0 Å². The molecule has 90 valence electrons. The van der Waals surface area contributed by atoms with Crippen LogP contribution >= 0.6 is 12.2 Å². The van der Waals surface area contributed by atoms with Crippen LogP contribution in [0.15, 0.2) is 35.3 Å². The lowest BCUT2D eigenvalue weighted by molar-refractivity contribution is 0.206. The molecule has 0 saturated carbocycles. The van der Waals surface area contributed by atoms with E-state index in [-0.39, 0.29) is 11.1 Å². The molecule has 6 nitrogen and oxygen atoms in total. The van der Waals surface area contributed by atoms with Gasteiger partial charge >= 0.3 is 6.09 Å². The summed E-state index contributed by atoms with van der Waals surface area (Å²) in [5, 5.41) is 2.08. The fraction of sp³-hybridized carbons (Fsp3) is 0.100. The number of ether oxygens (including phenoxy) is 2. The number of carbonyl (C=O) groups is 1. The van der Waals surface area contributed by atoms with Crippen LogP contribution in [0.4, 0.5) is 4.79 Å². The predicted octanol–water partition coefficient (Wildman–Crippen LogP) is 1.02. The van der Waals surface area contributed by atoms with Gasteiger partial charge in [0.05, 0.1) is 7.11 Å². The summed E-state index contributed by atoms with van der Waals surface area (Å²) in [6.45, 7) is 0. The van der Waals surface area contributed by atoms with Gasteiger partial charge in [-0.05, 0) is 24.4 Å². The molecule has 0 atom stereocenters. The lowest BCUT2D eigenvalue weighted by Crippen LogP contribution is -2.32. The van der Waals surface area contributed by atoms with Crippen molar-refractivity contribution in [3.8, 4) is 5.75 Å². The van der Waals surface area contributed by atoms with E-state index in [4.69, 9.17) is 22.7 Å². The Kier molecular flexibility index (Phi) is 4.89. The van der Waals surface area contributed by atoms with Crippen molar-refractivity contribution in [2.45, 2.75) is 0 Å². The Balaban J connectivity index is 2.48. The zero-order valence-electron chi connectivity index (χ0n) is 9.04. The minimum absolute atomic E-state index is 0.134. The van der Waals surface area contributed by atoms with E-state index < -0.39 is 6.09 Å². The summed E-state index contributed by atoms with van der Waals surface area (Å²) in [5.41, 5.74) is 5.25. The van der Waals surface area contributed by atoms with Crippen LogP contribution in [0.25, 0.3) is 0 Å². The first-order chi connectivity index (χ1) is 8.11. The van der Waals surface area contributed by atoms with Gasteiger partial charge in [-0.1, -0.05) is 18.2 Å². The van der Waals surface area contributed by atoms with Gasteiger partial charge in [-0.3, -0.25) is 5.32 Å². The van der Waals surface area contributed by atoms with Crippen LogP contribution in [0.1, 0.15) is 0 Å². The third-order valence-electron chi connectivity index (χ3n) is 1.58. The summed E-state index contributed by atoms with van der Waals surface area (Å²) in [6, 6.07) is 8.41. The molecule has 0 heterocycles. The van der Waals surface area contributed by atoms with Crippen LogP contribution in [0.5, 0.6) is 5.75 Å². The molecule has 1 rings (SSSR count). The van der Waals surface area contributed by atoms with Crippen molar-refractivity contribution in [2.75, 3.05) is 7.11 Å². The SMILES string of the molecule is CO/C(N)=N/C(=S)NC(=O)Oc1ccccc1.